The molecule has 2 aromatic rings. The molecule has 1 heterocycles. The monoisotopic (exact) mass is 669 g/mol. The topological polar surface area (TPSA) is 155 Å². The Labute approximate surface area is 287 Å². The molecule has 0 bridgehead atoms. The Hall–Kier alpha value is -5.52. The molecule has 1 saturated carbocycles. The van der Waals surface area contributed by atoms with Crippen molar-refractivity contribution in [3.05, 3.63) is 105 Å². The standard InChI is InChI=1S/C37H47N7O5/c1-8-10-15-27(41-33(45)21-26-14-12-20-44(6)37(26)48)23-40-24(3)28-16-11-17-30(34(28)49-7)42-31(29(13-9-2)36(47)39-5)22-32(38-4)43-35(46)25-18-19-25/h10-17,20,22-23,25,42H,8-9,18-19,21H2,1-7H3,(H,39,47)(H,41,45)(H,38,43,46)/b15-10+,27-23+,29-13-,31-22+,40-24?. The molecule has 0 aliphatic heterocycles. The van der Waals surface area contributed by atoms with Crippen molar-refractivity contribution in [1.29, 1.82) is 0 Å². The van der Waals surface area contributed by atoms with Crippen LogP contribution >= 0.6 is 0 Å². The van der Waals surface area contributed by atoms with E-state index in [-0.39, 0.29) is 35.6 Å². The molecule has 3 rings (SSSR count). The minimum atomic E-state index is -0.346. The zero-order valence-electron chi connectivity index (χ0n) is 29.3. The zero-order chi connectivity index (χ0) is 35.9. The Morgan fingerprint density at radius 1 is 1.08 bits per heavy atom. The van der Waals surface area contributed by atoms with Crippen LogP contribution < -0.4 is 31.6 Å². The van der Waals surface area contributed by atoms with Gasteiger partial charge in [0.1, 0.15) is 5.84 Å². The number of allylic oxidation sites excluding steroid dienone is 3. The number of benzene rings is 1. The second-order valence-corrected chi connectivity index (χ2v) is 11.3. The summed E-state index contributed by atoms with van der Waals surface area (Å²) in [5.74, 6) is -0.0200. The van der Waals surface area contributed by atoms with E-state index < -0.39 is 0 Å². The maximum Gasteiger partial charge on any atom is 0.253 e. The van der Waals surface area contributed by atoms with Crippen LogP contribution in [0, 0.1) is 5.92 Å². The fraction of sp³-hybridized carbons (Fsp3) is 0.351. The van der Waals surface area contributed by atoms with Crippen LogP contribution in [0.1, 0.15) is 57.6 Å². The fourth-order valence-electron chi connectivity index (χ4n) is 4.76. The third-order valence-electron chi connectivity index (χ3n) is 7.54. The number of aromatic nitrogens is 1. The first-order chi connectivity index (χ1) is 23.6. The number of amides is 3. The Bertz CT molecular complexity index is 1770. The molecule has 0 atom stereocenters. The number of pyridine rings is 1. The fourth-order valence-corrected chi connectivity index (χ4v) is 4.76. The van der Waals surface area contributed by atoms with Gasteiger partial charge in [-0.3, -0.25) is 29.2 Å². The highest BCUT2D eigenvalue weighted by molar-refractivity contribution is 6.09. The number of anilines is 1. The summed E-state index contributed by atoms with van der Waals surface area (Å²) in [6.07, 6.45) is 13.2. The lowest BCUT2D eigenvalue weighted by atomic mass is 10.1. The number of carbonyl (C=O) groups is 3. The Kier molecular flexibility index (Phi) is 14.5. The van der Waals surface area contributed by atoms with Gasteiger partial charge in [0.05, 0.1) is 42.4 Å². The van der Waals surface area contributed by atoms with E-state index in [4.69, 9.17) is 4.74 Å². The van der Waals surface area contributed by atoms with E-state index in [2.05, 4.69) is 31.3 Å². The van der Waals surface area contributed by atoms with Crippen LogP contribution in [0.25, 0.3) is 0 Å². The summed E-state index contributed by atoms with van der Waals surface area (Å²) < 4.78 is 7.29. The molecular weight excluding hydrogens is 622 g/mol. The van der Waals surface area contributed by atoms with E-state index in [0.717, 1.165) is 19.3 Å². The smallest absolute Gasteiger partial charge is 0.253 e. The van der Waals surface area contributed by atoms with Gasteiger partial charge in [0.25, 0.3) is 11.5 Å². The van der Waals surface area contributed by atoms with Gasteiger partial charge in [0.2, 0.25) is 11.8 Å². The van der Waals surface area contributed by atoms with E-state index in [1.54, 1.807) is 63.9 Å². The van der Waals surface area contributed by atoms with Gasteiger partial charge in [-0.2, -0.15) is 0 Å². The molecule has 1 aromatic heterocycles. The summed E-state index contributed by atoms with van der Waals surface area (Å²) in [6, 6.07) is 8.85. The number of hydrogen-bond donors (Lipinski definition) is 4. The number of para-hydroxylation sites is 1. The molecule has 0 unspecified atom stereocenters. The van der Waals surface area contributed by atoms with Gasteiger partial charge >= 0.3 is 0 Å². The minimum absolute atomic E-state index is 0.0246. The first-order valence-electron chi connectivity index (χ1n) is 16.3. The predicted octanol–water partition coefficient (Wildman–Crippen LogP) is 4.30. The number of rotatable bonds is 15. The average Bonchev–Trinajstić information content (AvgIpc) is 3.95. The summed E-state index contributed by atoms with van der Waals surface area (Å²) >= 11 is 0. The molecule has 0 saturated heterocycles. The van der Waals surface area contributed by atoms with Crippen LogP contribution in [0.2, 0.25) is 0 Å². The van der Waals surface area contributed by atoms with Gasteiger partial charge in [-0.1, -0.05) is 38.1 Å². The van der Waals surface area contributed by atoms with E-state index >= 15 is 0 Å². The van der Waals surface area contributed by atoms with Crippen LogP contribution in [0.4, 0.5) is 5.69 Å². The number of carbonyl (C=O) groups excluding carboxylic acids is 3. The Balaban J connectivity index is 1.98. The molecule has 1 aromatic carbocycles. The Morgan fingerprint density at radius 2 is 1.84 bits per heavy atom. The number of likely N-dealkylation sites (N-methyl/N-ethyl adjacent to an activating group) is 1. The lowest BCUT2D eigenvalue weighted by Crippen LogP contribution is -2.32. The quantitative estimate of drug-likeness (QED) is 0.0960. The summed E-state index contributed by atoms with van der Waals surface area (Å²) in [7, 11) is 6.30. The van der Waals surface area contributed by atoms with Gasteiger partial charge in [-0.15, -0.1) is 0 Å². The molecule has 12 heteroatoms. The van der Waals surface area contributed by atoms with Gasteiger partial charge < -0.3 is 30.6 Å². The number of amidine groups is 1. The van der Waals surface area contributed by atoms with Crippen LogP contribution in [-0.2, 0) is 27.9 Å². The normalized spacial score (nSPS) is 14.5. The number of aliphatic imine (C=N–C) groups is 2. The van der Waals surface area contributed by atoms with E-state index in [1.807, 2.05) is 45.0 Å². The second-order valence-electron chi connectivity index (χ2n) is 11.3. The third-order valence-corrected chi connectivity index (χ3v) is 7.54. The summed E-state index contributed by atoms with van der Waals surface area (Å²) in [5.41, 5.74) is 3.18. The van der Waals surface area contributed by atoms with Crippen molar-refractivity contribution >= 4 is 35.0 Å². The van der Waals surface area contributed by atoms with Crippen LogP contribution in [0.5, 0.6) is 5.75 Å². The highest BCUT2D eigenvalue weighted by atomic mass is 16.5. The summed E-state index contributed by atoms with van der Waals surface area (Å²) in [6.45, 7) is 5.72. The summed E-state index contributed by atoms with van der Waals surface area (Å²) in [5, 5.41) is 11.7. The molecule has 260 valence electrons. The van der Waals surface area contributed by atoms with Crippen LogP contribution in [-0.4, -0.2) is 55.0 Å². The maximum atomic E-state index is 13.0. The van der Waals surface area contributed by atoms with Crippen molar-refractivity contribution < 1.29 is 19.1 Å². The average molecular weight is 670 g/mol. The highest BCUT2D eigenvalue weighted by Gasteiger charge is 2.30. The van der Waals surface area contributed by atoms with Crippen molar-refractivity contribution in [2.45, 2.75) is 52.9 Å². The van der Waals surface area contributed by atoms with Crippen molar-refractivity contribution in [1.82, 2.24) is 20.5 Å². The molecule has 4 N–H and O–H groups in total. The lowest BCUT2D eigenvalue weighted by Gasteiger charge is -2.19. The molecule has 0 spiro atoms. The van der Waals surface area contributed by atoms with E-state index in [1.165, 1.54) is 11.7 Å². The third kappa shape index (κ3) is 11.0. The molecule has 1 aliphatic carbocycles. The largest absolute Gasteiger partial charge is 0.494 e. The van der Waals surface area contributed by atoms with Gasteiger partial charge in [0, 0.05) is 56.2 Å². The lowest BCUT2D eigenvalue weighted by molar-refractivity contribution is -0.121. The number of methoxy groups -OCH3 is 1. The first kappa shape index (κ1) is 37.9. The second kappa shape index (κ2) is 18.7. The molecular formula is C37H47N7O5. The van der Waals surface area contributed by atoms with Crippen molar-refractivity contribution in [2.75, 3.05) is 26.5 Å². The van der Waals surface area contributed by atoms with Gasteiger partial charge in [-0.05, 0) is 56.9 Å². The first-order valence-corrected chi connectivity index (χ1v) is 16.3. The molecule has 49 heavy (non-hydrogen) atoms. The number of nitrogens with zero attached hydrogens (tertiary/aromatic N) is 3. The molecule has 1 fully saturated rings. The number of ether oxygens (including phenoxy) is 1. The number of aryl methyl sites for hydroxylation is 1. The van der Waals surface area contributed by atoms with Crippen LogP contribution in [0.3, 0.4) is 0 Å². The molecule has 12 nitrogen and oxygen atoms in total. The van der Waals surface area contributed by atoms with Crippen molar-refractivity contribution in [3.8, 4) is 5.75 Å². The van der Waals surface area contributed by atoms with E-state index in [9.17, 15) is 19.2 Å². The van der Waals surface area contributed by atoms with Crippen molar-refractivity contribution in [3.63, 3.8) is 0 Å². The SMILES string of the molecule is CC/C=C(C(=O)NC)/C(=C\C(=NC)NC(=O)C1CC1)Nc1cccc(C(C)=N/C=C(\C=C\CC)NC(=O)Cc2cccn(C)c2=O)c1OC. The van der Waals surface area contributed by atoms with Crippen molar-refractivity contribution in [2.24, 2.45) is 23.0 Å². The summed E-state index contributed by atoms with van der Waals surface area (Å²) in [4.78, 5) is 59.8. The molecule has 3 amide bonds. The highest BCUT2D eigenvalue weighted by Crippen LogP contribution is 2.32. The predicted molar refractivity (Wildman–Crippen MR) is 195 cm³/mol. The van der Waals surface area contributed by atoms with Gasteiger partial charge in [0.15, 0.2) is 5.75 Å². The zero-order valence-corrected chi connectivity index (χ0v) is 29.3. The number of nitrogens with one attached hydrogen (secondary N) is 4. The maximum absolute atomic E-state index is 13.0. The number of hydrogen-bond acceptors (Lipinski definition) is 8. The minimum Gasteiger partial charge on any atom is -0.494 e. The van der Waals surface area contributed by atoms with E-state index in [0.29, 0.717) is 57.5 Å². The molecule has 0 radical (unpaired) electrons. The van der Waals surface area contributed by atoms with Gasteiger partial charge in [-0.25, -0.2) is 0 Å². The Morgan fingerprint density at radius 3 is 2.47 bits per heavy atom. The van der Waals surface area contributed by atoms with Crippen LogP contribution in [0.15, 0.2) is 98.8 Å². The molecule has 1 aliphatic rings.